The maximum atomic E-state index is 10.2. The number of aliphatic hydroxyl groups is 1. The van der Waals surface area contributed by atoms with Crippen LogP contribution in [0.2, 0.25) is 0 Å². The molecule has 9 nitrogen and oxygen atoms in total. The van der Waals surface area contributed by atoms with E-state index in [1.807, 2.05) is 11.8 Å². The molecule has 1 unspecified atom stereocenters. The Kier molecular flexibility index (Phi) is 3.42. The van der Waals surface area contributed by atoms with Gasteiger partial charge in [-0.2, -0.15) is 24.7 Å². The Hall–Kier alpha value is -2.29. The first kappa shape index (κ1) is 13.7. The quantitative estimate of drug-likeness (QED) is 0.804. The molecule has 0 bridgehead atoms. The van der Waals surface area contributed by atoms with E-state index in [1.54, 1.807) is 7.05 Å². The summed E-state index contributed by atoms with van der Waals surface area (Å²) in [6.45, 7) is 3.13. The molecule has 1 saturated heterocycles. The second-order valence-electron chi connectivity index (χ2n) is 5.37. The number of piperidine rings is 1. The van der Waals surface area contributed by atoms with Crippen LogP contribution in [0, 0.1) is 0 Å². The van der Waals surface area contributed by atoms with Crippen molar-refractivity contribution < 1.29 is 5.11 Å². The highest BCUT2D eigenvalue weighted by molar-refractivity contribution is 5.40. The fraction of sp³-hybridized carbons (Fsp3) is 0.583. The SMILES string of the molecule is CNc1nc(N2CCCC(C)(O)C2)nc(-n2cncn2)n1. The van der Waals surface area contributed by atoms with Gasteiger partial charge in [-0.05, 0) is 19.8 Å². The first-order valence-electron chi connectivity index (χ1n) is 6.83. The van der Waals surface area contributed by atoms with Gasteiger partial charge >= 0.3 is 0 Å². The van der Waals surface area contributed by atoms with Crippen LogP contribution in [0.15, 0.2) is 12.7 Å². The molecule has 2 aromatic heterocycles. The Morgan fingerprint density at radius 2 is 2.10 bits per heavy atom. The van der Waals surface area contributed by atoms with Gasteiger partial charge in [-0.25, -0.2) is 4.98 Å². The maximum absolute atomic E-state index is 10.2. The molecular formula is C12H18N8O. The Morgan fingerprint density at radius 1 is 1.29 bits per heavy atom. The number of nitrogens with zero attached hydrogens (tertiary/aromatic N) is 7. The fourth-order valence-corrected chi connectivity index (χ4v) is 2.41. The lowest BCUT2D eigenvalue weighted by atomic mass is 9.95. The van der Waals surface area contributed by atoms with Crippen LogP contribution in [0.1, 0.15) is 19.8 Å². The van der Waals surface area contributed by atoms with E-state index in [0.29, 0.717) is 24.4 Å². The summed E-state index contributed by atoms with van der Waals surface area (Å²) in [6, 6.07) is 0. The molecule has 9 heteroatoms. The van der Waals surface area contributed by atoms with Crippen molar-refractivity contribution in [2.45, 2.75) is 25.4 Å². The van der Waals surface area contributed by atoms with Crippen molar-refractivity contribution in [2.24, 2.45) is 0 Å². The minimum Gasteiger partial charge on any atom is -0.388 e. The zero-order valence-electron chi connectivity index (χ0n) is 12.1. The number of rotatable bonds is 3. The second kappa shape index (κ2) is 5.24. The number of hydrogen-bond donors (Lipinski definition) is 2. The van der Waals surface area contributed by atoms with Crippen molar-refractivity contribution in [2.75, 3.05) is 30.4 Å². The molecule has 0 aromatic carbocycles. The molecule has 2 aromatic rings. The van der Waals surface area contributed by atoms with Crippen molar-refractivity contribution in [1.82, 2.24) is 29.7 Å². The standard InChI is InChI=1S/C12H18N8O/c1-12(21)4-3-5-19(6-12)10-16-9(13-2)17-11(18-10)20-8-14-7-15-20/h7-8,21H,3-6H2,1-2H3,(H,13,16,17,18). The Balaban J connectivity index is 1.96. The van der Waals surface area contributed by atoms with E-state index in [4.69, 9.17) is 0 Å². The smallest absolute Gasteiger partial charge is 0.258 e. The van der Waals surface area contributed by atoms with Gasteiger partial charge < -0.3 is 15.3 Å². The van der Waals surface area contributed by atoms with Crippen LogP contribution >= 0.6 is 0 Å². The highest BCUT2D eigenvalue weighted by Crippen LogP contribution is 2.24. The van der Waals surface area contributed by atoms with E-state index in [1.165, 1.54) is 17.3 Å². The molecule has 1 aliphatic rings. The van der Waals surface area contributed by atoms with Crippen LogP contribution in [0.5, 0.6) is 0 Å². The van der Waals surface area contributed by atoms with Crippen molar-refractivity contribution in [3.05, 3.63) is 12.7 Å². The van der Waals surface area contributed by atoms with E-state index in [2.05, 4.69) is 30.4 Å². The third-order valence-electron chi connectivity index (χ3n) is 3.42. The zero-order valence-corrected chi connectivity index (χ0v) is 12.1. The molecule has 0 spiro atoms. The number of anilines is 2. The Labute approximate surface area is 122 Å². The molecule has 1 aliphatic heterocycles. The molecule has 0 aliphatic carbocycles. The molecule has 3 heterocycles. The molecule has 2 N–H and O–H groups in total. The largest absolute Gasteiger partial charge is 0.388 e. The molecule has 1 fully saturated rings. The van der Waals surface area contributed by atoms with Crippen LogP contribution in [0.3, 0.4) is 0 Å². The van der Waals surface area contributed by atoms with E-state index in [-0.39, 0.29) is 0 Å². The van der Waals surface area contributed by atoms with Gasteiger partial charge in [0.2, 0.25) is 11.9 Å². The summed E-state index contributed by atoms with van der Waals surface area (Å²) in [6.07, 6.45) is 4.63. The van der Waals surface area contributed by atoms with Gasteiger partial charge in [0.05, 0.1) is 5.60 Å². The maximum Gasteiger partial charge on any atom is 0.258 e. The van der Waals surface area contributed by atoms with Crippen LogP contribution in [0.25, 0.3) is 5.95 Å². The third kappa shape index (κ3) is 2.92. The highest BCUT2D eigenvalue weighted by Gasteiger charge is 2.30. The van der Waals surface area contributed by atoms with E-state index >= 15 is 0 Å². The highest BCUT2D eigenvalue weighted by atomic mass is 16.3. The molecular weight excluding hydrogens is 272 g/mol. The summed E-state index contributed by atoms with van der Waals surface area (Å²) in [4.78, 5) is 18.9. The summed E-state index contributed by atoms with van der Waals surface area (Å²) < 4.78 is 1.48. The average Bonchev–Trinajstić information content (AvgIpc) is 3.00. The molecule has 21 heavy (non-hydrogen) atoms. The van der Waals surface area contributed by atoms with Gasteiger partial charge in [-0.3, -0.25) is 0 Å². The topological polar surface area (TPSA) is 105 Å². The molecule has 0 radical (unpaired) electrons. The number of hydrogen-bond acceptors (Lipinski definition) is 8. The monoisotopic (exact) mass is 290 g/mol. The summed E-state index contributed by atoms with van der Waals surface area (Å²) >= 11 is 0. The van der Waals surface area contributed by atoms with Crippen LogP contribution in [-0.4, -0.2) is 60.6 Å². The van der Waals surface area contributed by atoms with Crippen molar-refractivity contribution >= 4 is 11.9 Å². The molecule has 3 rings (SSSR count). The zero-order chi connectivity index (χ0) is 14.9. The van der Waals surface area contributed by atoms with Gasteiger partial charge in [0.25, 0.3) is 5.95 Å². The summed E-state index contributed by atoms with van der Waals surface area (Å²) in [7, 11) is 1.75. The Bertz CT molecular complexity index is 612. The van der Waals surface area contributed by atoms with E-state index in [9.17, 15) is 5.11 Å². The lowest BCUT2D eigenvalue weighted by Crippen LogP contribution is -2.47. The van der Waals surface area contributed by atoms with Crippen molar-refractivity contribution in [3.63, 3.8) is 0 Å². The lowest BCUT2D eigenvalue weighted by Gasteiger charge is -2.36. The first-order valence-corrected chi connectivity index (χ1v) is 6.83. The van der Waals surface area contributed by atoms with Crippen LogP contribution < -0.4 is 10.2 Å². The second-order valence-corrected chi connectivity index (χ2v) is 5.37. The fourth-order valence-electron chi connectivity index (χ4n) is 2.41. The van der Waals surface area contributed by atoms with Crippen LogP contribution in [-0.2, 0) is 0 Å². The van der Waals surface area contributed by atoms with Gasteiger partial charge in [0.1, 0.15) is 12.7 Å². The van der Waals surface area contributed by atoms with Gasteiger partial charge in [-0.15, -0.1) is 0 Å². The van der Waals surface area contributed by atoms with E-state index in [0.717, 1.165) is 19.4 Å². The third-order valence-corrected chi connectivity index (χ3v) is 3.42. The van der Waals surface area contributed by atoms with Crippen LogP contribution in [0.4, 0.5) is 11.9 Å². The minimum atomic E-state index is -0.724. The van der Waals surface area contributed by atoms with Gasteiger partial charge in [0, 0.05) is 20.1 Å². The van der Waals surface area contributed by atoms with Crippen molar-refractivity contribution in [1.29, 1.82) is 0 Å². The van der Waals surface area contributed by atoms with Crippen molar-refractivity contribution in [3.8, 4) is 5.95 Å². The number of β-amino-alcohol motifs (C(OH)–C–C–N with tert-alkyl or cyclic N) is 1. The average molecular weight is 290 g/mol. The molecule has 1 atom stereocenters. The predicted molar refractivity (Wildman–Crippen MR) is 76.4 cm³/mol. The molecule has 112 valence electrons. The summed E-state index contributed by atoms with van der Waals surface area (Å²) in [5.41, 5.74) is -0.724. The molecule has 0 saturated carbocycles. The first-order chi connectivity index (χ1) is 10.1. The number of aromatic nitrogens is 6. The number of nitrogens with one attached hydrogen (secondary N) is 1. The van der Waals surface area contributed by atoms with Gasteiger partial charge in [0.15, 0.2) is 0 Å². The summed E-state index contributed by atoms with van der Waals surface area (Å²) in [5, 5.41) is 17.2. The molecule has 0 amide bonds. The Morgan fingerprint density at radius 3 is 2.76 bits per heavy atom. The predicted octanol–water partition coefficient (Wildman–Crippen LogP) is -0.155. The normalized spacial score (nSPS) is 22.3. The minimum absolute atomic E-state index is 0.395. The van der Waals surface area contributed by atoms with Gasteiger partial charge in [-0.1, -0.05) is 0 Å². The lowest BCUT2D eigenvalue weighted by molar-refractivity contribution is 0.0444. The van der Waals surface area contributed by atoms with E-state index < -0.39 is 5.60 Å². The summed E-state index contributed by atoms with van der Waals surface area (Å²) in [5.74, 6) is 1.38.